The van der Waals surface area contributed by atoms with Crippen molar-refractivity contribution in [3.63, 3.8) is 0 Å². The number of piperidine rings is 1. The van der Waals surface area contributed by atoms with Crippen LogP contribution in [0.15, 0.2) is 24.5 Å². The van der Waals surface area contributed by atoms with E-state index in [4.69, 9.17) is 4.74 Å². The third-order valence-corrected chi connectivity index (χ3v) is 6.23. The van der Waals surface area contributed by atoms with Crippen LogP contribution < -0.4 is 0 Å². The lowest BCUT2D eigenvalue weighted by Gasteiger charge is -2.36. The van der Waals surface area contributed by atoms with Gasteiger partial charge in [-0.2, -0.15) is 0 Å². The molecule has 1 aromatic rings. The van der Waals surface area contributed by atoms with Gasteiger partial charge < -0.3 is 14.5 Å². The summed E-state index contributed by atoms with van der Waals surface area (Å²) in [6.45, 7) is 7.58. The Morgan fingerprint density at radius 2 is 1.82 bits per heavy atom. The molecule has 7 nitrogen and oxygen atoms in total. The number of amides is 2. The quantitative estimate of drug-likeness (QED) is 0.755. The average molecular weight is 386 g/mol. The number of carbonyl (C=O) groups excluding carboxylic acids is 2. The third kappa shape index (κ3) is 4.70. The summed E-state index contributed by atoms with van der Waals surface area (Å²) >= 11 is 0. The standard InChI is InChI=1S/C21H30N4O3/c26-20-13-19(16-25(20)15-17-1-5-22-6-2-17)21(27)24-7-3-18(4-8-24)14-23-9-11-28-12-10-23/h1-2,5-6,18-19H,3-4,7-16H2/t19-/m1/s1. The molecule has 2 amide bonds. The molecule has 28 heavy (non-hydrogen) atoms. The molecule has 0 radical (unpaired) electrons. The van der Waals surface area contributed by atoms with Crippen molar-refractivity contribution in [3.05, 3.63) is 30.1 Å². The smallest absolute Gasteiger partial charge is 0.227 e. The number of aromatic nitrogens is 1. The Hall–Kier alpha value is -1.99. The highest BCUT2D eigenvalue weighted by Crippen LogP contribution is 2.25. The fraction of sp³-hybridized carbons (Fsp3) is 0.667. The van der Waals surface area contributed by atoms with Crippen molar-refractivity contribution in [1.82, 2.24) is 19.7 Å². The summed E-state index contributed by atoms with van der Waals surface area (Å²) in [5, 5.41) is 0. The zero-order valence-electron chi connectivity index (χ0n) is 16.5. The highest BCUT2D eigenvalue weighted by atomic mass is 16.5. The van der Waals surface area contributed by atoms with E-state index in [9.17, 15) is 9.59 Å². The van der Waals surface area contributed by atoms with Crippen molar-refractivity contribution in [2.45, 2.75) is 25.8 Å². The Kier molecular flexibility index (Phi) is 6.22. The van der Waals surface area contributed by atoms with Gasteiger partial charge in [-0.1, -0.05) is 0 Å². The molecule has 0 N–H and O–H groups in total. The molecule has 1 atom stereocenters. The average Bonchev–Trinajstić information content (AvgIpc) is 3.10. The van der Waals surface area contributed by atoms with Crippen LogP contribution in [0.2, 0.25) is 0 Å². The summed E-state index contributed by atoms with van der Waals surface area (Å²) in [5.41, 5.74) is 1.06. The molecular weight excluding hydrogens is 356 g/mol. The number of ether oxygens (including phenoxy) is 1. The summed E-state index contributed by atoms with van der Waals surface area (Å²) in [6, 6.07) is 3.84. The van der Waals surface area contributed by atoms with E-state index in [1.807, 2.05) is 21.9 Å². The minimum Gasteiger partial charge on any atom is -0.379 e. The van der Waals surface area contributed by atoms with Crippen LogP contribution in [0.4, 0.5) is 0 Å². The van der Waals surface area contributed by atoms with Crippen molar-refractivity contribution in [1.29, 1.82) is 0 Å². The Morgan fingerprint density at radius 3 is 2.54 bits per heavy atom. The van der Waals surface area contributed by atoms with Gasteiger partial charge in [0.05, 0.1) is 19.1 Å². The van der Waals surface area contributed by atoms with Crippen molar-refractivity contribution in [2.75, 3.05) is 52.5 Å². The monoisotopic (exact) mass is 386 g/mol. The van der Waals surface area contributed by atoms with E-state index in [1.54, 1.807) is 12.4 Å². The molecule has 0 spiro atoms. The first-order valence-electron chi connectivity index (χ1n) is 10.4. The number of morpholine rings is 1. The van der Waals surface area contributed by atoms with Crippen LogP contribution in [0.3, 0.4) is 0 Å². The van der Waals surface area contributed by atoms with E-state index < -0.39 is 0 Å². The highest BCUT2D eigenvalue weighted by Gasteiger charge is 2.37. The molecule has 0 saturated carbocycles. The molecule has 4 heterocycles. The van der Waals surface area contributed by atoms with Crippen LogP contribution in [0.5, 0.6) is 0 Å². The van der Waals surface area contributed by atoms with Gasteiger partial charge in [0.25, 0.3) is 0 Å². The van der Waals surface area contributed by atoms with Gasteiger partial charge in [-0.25, -0.2) is 0 Å². The zero-order chi connectivity index (χ0) is 19.3. The largest absolute Gasteiger partial charge is 0.379 e. The van der Waals surface area contributed by atoms with Gasteiger partial charge in [-0.05, 0) is 36.5 Å². The first-order valence-corrected chi connectivity index (χ1v) is 10.4. The van der Waals surface area contributed by atoms with Gasteiger partial charge in [0.2, 0.25) is 11.8 Å². The molecule has 1 aromatic heterocycles. The van der Waals surface area contributed by atoms with E-state index in [2.05, 4.69) is 9.88 Å². The van der Waals surface area contributed by atoms with Crippen LogP contribution in [0, 0.1) is 11.8 Å². The number of nitrogens with zero attached hydrogens (tertiary/aromatic N) is 4. The van der Waals surface area contributed by atoms with Gasteiger partial charge in [0.15, 0.2) is 0 Å². The fourth-order valence-corrected chi connectivity index (χ4v) is 4.54. The molecule has 4 rings (SSSR count). The molecule has 3 saturated heterocycles. The second-order valence-corrected chi connectivity index (χ2v) is 8.21. The number of rotatable bonds is 5. The number of hydrogen-bond donors (Lipinski definition) is 0. The van der Waals surface area contributed by atoms with Crippen LogP contribution >= 0.6 is 0 Å². The van der Waals surface area contributed by atoms with E-state index in [1.165, 1.54) is 0 Å². The maximum absolute atomic E-state index is 13.0. The first-order chi connectivity index (χ1) is 13.7. The fourth-order valence-electron chi connectivity index (χ4n) is 4.54. The minimum absolute atomic E-state index is 0.0809. The summed E-state index contributed by atoms with van der Waals surface area (Å²) in [4.78, 5) is 35.6. The van der Waals surface area contributed by atoms with Crippen LogP contribution in [0.1, 0.15) is 24.8 Å². The number of hydrogen-bond acceptors (Lipinski definition) is 5. The lowest BCUT2D eigenvalue weighted by atomic mass is 9.94. The third-order valence-electron chi connectivity index (χ3n) is 6.23. The van der Waals surface area contributed by atoms with Gasteiger partial charge in [-0.3, -0.25) is 19.5 Å². The van der Waals surface area contributed by atoms with E-state index in [0.29, 0.717) is 25.4 Å². The topological polar surface area (TPSA) is 66.0 Å². The molecule has 3 aliphatic rings. The zero-order valence-corrected chi connectivity index (χ0v) is 16.5. The predicted molar refractivity (Wildman–Crippen MR) is 104 cm³/mol. The Bertz CT molecular complexity index is 669. The normalized spacial score (nSPS) is 24.7. The van der Waals surface area contributed by atoms with Crippen molar-refractivity contribution < 1.29 is 14.3 Å². The number of pyridine rings is 1. The van der Waals surface area contributed by atoms with Crippen molar-refractivity contribution in [3.8, 4) is 0 Å². The molecule has 0 aliphatic carbocycles. The second-order valence-electron chi connectivity index (χ2n) is 8.21. The lowest BCUT2D eigenvalue weighted by molar-refractivity contribution is -0.137. The highest BCUT2D eigenvalue weighted by molar-refractivity contribution is 5.89. The van der Waals surface area contributed by atoms with Gasteiger partial charge in [0, 0.05) is 64.6 Å². The van der Waals surface area contributed by atoms with Crippen LogP contribution in [-0.2, 0) is 20.9 Å². The summed E-state index contributed by atoms with van der Waals surface area (Å²) in [6.07, 6.45) is 5.94. The first kappa shape index (κ1) is 19.3. The summed E-state index contributed by atoms with van der Waals surface area (Å²) < 4.78 is 5.42. The maximum Gasteiger partial charge on any atom is 0.227 e. The van der Waals surface area contributed by atoms with Crippen LogP contribution in [0.25, 0.3) is 0 Å². The minimum atomic E-state index is -0.190. The molecule has 0 unspecified atom stereocenters. The van der Waals surface area contributed by atoms with E-state index in [-0.39, 0.29) is 17.7 Å². The second kappa shape index (κ2) is 9.01. The van der Waals surface area contributed by atoms with E-state index >= 15 is 0 Å². The number of carbonyl (C=O) groups is 2. The number of likely N-dealkylation sites (tertiary alicyclic amines) is 2. The Balaban J connectivity index is 1.24. The van der Waals surface area contributed by atoms with Gasteiger partial charge in [0.1, 0.15) is 0 Å². The molecule has 3 aliphatic heterocycles. The maximum atomic E-state index is 13.0. The van der Waals surface area contributed by atoms with Crippen molar-refractivity contribution in [2.24, 2.45) is 11.8 Å². The molecule has 0 bridgehead atoms. The molecule has 0 aromatic carbocycles. The Morgan fingerprint density at radius 1 is 1.11 bits per heavy atom. The lowest BCUT2D eigenvalue weighted by Crippen LogP contribution is -2.46. The predicted octanol–water partition coefficient (Wildman–Crippen LogP) is 1.00. The molecule has 152 valence electrons. The van der Waals surface area contributed by atoms with Crippen molar-refractivity contribution >= 4 is 11.8 Å². The van der Waals surface area contributed by atoms with E-state index in [0.717, 1.165) is 64.3 Å². The molecular formula is C21H30N4O3. The summed E-state index contributed by atoms with van der Waals surface area (Å²) in [7, 11) is 0. The van der Waals surface area contributed by atoms with Crippen LogP contribution in [-0.4, -0.2) is 84.0 Å². The molecule has 7 heteroatoms. The Labute approximate surface area is 166 Å². The summed E-state index contributed by atoms with van der Waals surface area (Å²) in [5.74, 6) is 0.716. The van der Waals surface area contributed by atoms with Gasteiger partial charge in [-0.15, -0.1) is 0 Å². The van der Waals surface area contributed by atoms with Gasteiger partial charge >= 0.3 is 0 Å². The SMILES string of the molecule is O=C1C[C@@H](C(=O)N2CCC(CN3CCOCC3)CC2)CN1Cc1ccncc1. The molecule has 3 fully saturated rings.